The number of thiocarbonyl (C=S) groups is 1. The number of anilines is 1. The Morgan fingerprint density at radius 2 is 1.86 bits per heavy atom. The van der Waals surface area contributed by atoms with Gasteiger partial charge < -0.3 is 20.0 Å². The zero-order valence-electron chi connectivity index (χ0n) is 19.3. The first-order valence-electron chi connectivity index (χ1n) is 11.5. The second-order valence-corrected chi connectivity index (χ2v) is 9.69. The summed E-state index contributed by atoms with van der Waals surface area (Å²) in [6.45, 7) is 0.309. The van der Waals surface area contributed by atoms with Crippen LogP contribution in [0.15, 0.2) is 87.9 Å². The van der Waals surface area contributed by atoms with Gasteiger partial charge >= 0.3 is 0 Å². The second-order valence-electron chi connectivity index (χ2n) is 8.45. The average Bonchev–Trinajstić information content (AvgIpc) is 3.49. The molecule has 0 spiro atoms. The maximum atomic E-state index is 13.6. The van der Waals surface area contributed by atoms with Crippen molar-refractivity contribution in [3.8, 4) is 11.3 Å². The van der Waals surface area contributed by atoms with Gasteiger partial charge in [0.1, 0.15) is 29.2 Å². The first-order valence-corrected chi connectivity index (χ1v) is 12.7. The lowest BCUT2D eigenvalue weighted by Gasteiger charge is -2.25. The van der Waals surface area contributed by atoms with Gasteiger partial charge in [0, 0.05) is 34.9 Å². The quantitative estimate of drug-likeness (QED) is 0.246. The normalized spacial score (nSPS) is 17.1. The molecule has 37 heavy (non-hydrogen) atoms. The molecule has 0 saturated carbocycles. The number of carbonyl (C=O) groups excluding carboxylic acids is 1. The van der Waals surface area contributed by atoms with Crippen LogP contribution in [-0.4, -0.2) is 27.4 Å². The number of aromatic nitrogens is 1. The predicted molar refractivity (Wildman–Crippen MR) is 144 cm³/mol. The standard InChI is InChI=1S/C27H21BrF2N4O2S/c28-20-15-17(30)6-9-19(20)22-10-11-23(36-22)26-25(21-3-1-2-13-31-21)33-27(37)34(26)14-12-24(35)32-18-7-4-16(29)5-8-18/h1-11,13,15,25-26H,12,14H2,(H,32,35)(H,33,37). The molecule has 1 fully saturated rings. The predicted octanol–water partition coefficient (Wildman–Crippen LogP) is 6.38. The molecule has 0 radical (unpaired) electrons. The molecule has 188 valence electrons. The van der Waals surface area contributed by atoms with Gasteiger partial charge in [-0.15, -0.1) is 0 Å². The molecule has 0 bridgehead atoms. The molecule has 2 aromatic carbocycles. The van der Waals surface area contributed by atoms with E-state index in [1.807, 2.05) is 35.2 Å². The summed E-state index contributed by atoms with van der Waals surface area (Å²) in [5.74, 6) is 0.222. The summed E-state index contributed by atoms with van der Waals surface area (Å²) >= 11 is 9.05. The topological polar surface area (TPSA) is 70.4 Å². The molecule has 3 heterocycles. The Balaban J connectivity index is 1.40. The first kappa shape index (κ1) is 25.0. The monoisotopic (exact) mass is 582 g/mol. The van der Waals surface area contributed by atoms with Crippen LogP contribution in [0.3, 0.4) is 0 Å². The molecule has 6 nitrogen and oxygen atoms in total. The largest absolute Gasteiger partial charge is 0.459 e. The number of hydrogen-bond donors (Lipinski definition) is 2. The number of pyridine rings is 1. The van der Waals surface area contributed by atoms with E-state index in [-0.39, 0.29) is 36.0 Å². The summed E-state index contributed by atoms with van der Waals surface area (Å²) in [4.78, 5) is 19.0. The average molecular weight is 583 g/mol. The van der Waals surface area contributed by atoms with E-state index in [1.54, 1.807) is 12.3 Å². The zero-order valence-corrected chi connectivity index (χ0v) is 21.7. The van der Waals surface area contributed by atoms with Gasteiger partial charge in [0.05, 0.1) is 11.7 Å². The van der Waals surface area contributed by atoms with Crippen LogP contribution in [0.4, 0.5) is 14.5 Å². The van der Waals surface area contributed by atoms with Crippen molar-refractivity contribution in [2.24, 2.45) is 0 Å². The third-order valence-electron chi connectivity index (χ3n) is 6.02. The van der Waals surface area contributed by atoms with E-state index in [4.69, 9.17) is 16.6 Å². The molecule has 1 saturated heterocycles. The van der Waals surface area contributed by atoms with Crippen molar-refractivity contribution in [3.63, 3.8) is 0 Å². The van der Waals surface area contributed by atoms with Crippen molar-refractivity contribution in [1.29, 1.82) is 0 Å². The van der Waals surface area contributed by atoms with Crippen molar-refractivity contribution < 1.29 is 18.0 Å². The number of furan rings is 1. The minimum Gasteiger partial charge on any atom is -0.459 e. The molecule has 2 atom stereocenters. The molecule has 1 aliphatic heterocycles. The Labute approximate surface area is 225 Å². The molecule has 1 amide bonds. The lowest BCUT2D eigenvalue weighted by molar-refractivity contribution is -0.116. The maximum Gasteiger partial charge on any atom is 0.226 e. The van der Waals surface area contributed by atoms with E-state index in [9.17, 15) is 13.6 Å². The highest BCUT2D eigenvalue weighted by Crippen LogP contribution is 2.41. The number of benzene rings is 2. The van der Waals surface area contributed by atoms with Gasteiger partial charge in [-0.3, -0.25) is 9.78 Å². The fourth-order valence-electron chi connectivity index (χ4n) is 4.28. The molecule has 2 aromatic heterocycles. The Morgan fingerprint density at radius 3 is 2.59 bits per heavy atom. The van der Waals surface area contributed by atoms with Crippen molar-refractivity contribution in [2.75, 3.05) is 11.9 Å². The number of carbonyl (C=O) groups is 1. The SMILES string of the molecule is O=C(CCN1C(=S)NC(c2ccccn2)C1c1ccc(-c2ccc(F)cc2Br)o1)Nc1ccc(F)cc1. The van der Waals surface area contributed by atoms with Gasteiger partial charge in [-0.25, -0.2) is 8.78 Å². The summed E-state index contributed by atoms with van der Waals surface area (Å²) in [6, 6.07) is 18.6. The molecule has 0 aliphatic carbocycles. The van der Waals surface area contributed by atoms with Crippen molar-refractivity contribution in [3.05, 3.63) is 107 Å². The number of hydrogen-bond acceptors (Lipinski definition) is 4. The van der Waals surface area contributed by atoms with Gasteiger partial charge in [0.25, 0.3) is 0 Å². The van der Waals surface area contributed by atoms with Gasteiger partial charge in [0.15, 0.2) is 5.11 Å². The highest BCUT2D eigenvalue weighted by atomic mass is 79.9. The first-order chi connectivity index (χ1) is 17.9. The van der Waals surface area contributed by atoms with E-state index in [2.05, 4.69) is 31.5 Å². The Bertz CT molecular complexity index is 1430. The summed E-state index contributed by atoms with van der Waals surface area (Å²) < 4.78 is 33.6. The van der Waals surface area contributed by atoms with E-state index < -0.39 is 0 Å². The van der Waals surface area contributed by atoms with E-state index in [0.29, 0.717) is 38.9 Å². The molecule has 10 heteroatoms. The van der Waals surface area contributed by atoms with Gasteiger partial charge in [0.2, 0.25) is 5.91 Å². The summed E-state index contributed by atoms with van der Waals surface area (Å²) in [5.41, 5.74) is 1.99. The number of nitrogens with zero attached hydrogens (tertiary/aromatic N) is 2. The smallest absolute Gasteiger partial charge is 0.226 e. The van der Waals surface area contributed by atoms with E-state index in [1.165, 1.54) is 36.4 Å². The molecule has 5 rings (SSSR count). The summed E-state index contributed by atoms with van der Waals surface area (Å²) in [5, 5.41) is 6.56. The number of halogens is 3. The third-order valence-corrected chi connectivity index (χ3v) is 7.03. The second kappa shape index (κ2) is 10.8. The molecular formula is C27H21BrF2N4O2S. The minimum atomic E-state index is -0.381. The molecule has 1 aliphatic rings. The molecular weight excluding hydrogens is 562 g/mol. The Hall–Kier alpha value is -3.63. The van der Waals surface area contributed by atoms with Crippen molar-refractivity contribution in [2.45, 2.75) is 18.5 Å². The molecule has 2 unspecified atom stereocenters. The van der Waals surface area contributed by atoms with Crippen LogP contribution in [0.5, 0.6) is 0 Å². The van der Waals surface area contributed by atoms with Gasteiger partial charge in [-0.05, 0) is 94.9 Å². The van der Waals surface area contributed by atoms with Crippen LogP contribution in [0, 0.1) is 11.6 Å². The Kier molecular flexibility index (Phi) is 7.29. The number of amides is 1. The fraction of sp³-hybridized carbons (Fsp3) is 0.148. The zero-order chi connectivity index (χ0) is 25.9. The van der Waals surface area contributed by atoms with Crippen LogP contribution in [0.2, 0.25) is 0 Å². The molecule has 4 aromatic rings. The van der Waals surface area contributed by atoms with Crippen LogP contribution < -0.4 is 10.6 Å². The highest BCUT2D eigenvalue weighted by Gasteiger charge is 2.41. The molecule has 2 N–H and O–H groups in total. The lowest BCUT2D eigenvalue weighted by Crippen LogP contribution is -2.32. The lowest BCUT2D eigenvalue weighted by atomic mass is 10.0. The van der Waals surface area contributed by atoms with Gasteiger partial charge in [-0.1, -0.05) is 6.07 Å². The van der Waals surface area contributed by atoms with Gasteiger partial charge in [-0.2, -0.15) is 0 Å². The Morgan fingerprint density at radius 1 is 1.08 bits per heavy atom. The van der Waals surface area contributed by atoms with E-state index >= 15 is 0 Å². The van der Waals surface area contributed by atoms with Crippen molar-refractivity contribution in [1.82, 2.24) is 15.2 Å². The fourth-order valence-corrected chi connectivity index (χ4v) is 5.16. The minimum absolute atomic E-state index is 0.141. The number of nitrogens with one attached hydrogen (secondary N) is 2. The highest BCUT2D eigenvalue weighted by molar-refractivity contribution is 9.10. The summed E-state index contributed by atoms with van der Waals surface area (Å²) in [7, 11) is 0. The van der Waals surface area contributed by atoms with Crippen molar-refractivity contribution >= 4 is 44.9 Å². The van der Waals surface area contributed by atoms with Crippen LogP contribution in [0.1, 0.15) is 30.0 Å². The summed E-state index contributed by atoms with van der Waals surface area (Å²) in [6.07, 6.45) is 1.85. The number of rotatable bonds is 7. The third kappa shape index (κ3) is 5.55. The maximum absolute atomic E-state index is 13.6. The van der Waals surface area contributed by atoms with Crippen LogP contribution in [0.25, 0.3) is 11.3 Å². The van der Waals surface area contributed by atoms with E-state index in [0.717, 1.165) is 5.69 Å². The van der Waals surface area contributed by atoms with Crippen LogP contribution in [-0.2, 0) is 4.79 Å². The van der Waals surface area contributed by atoms with Crippen LogP contribution >= 0.6 is 28.1 Å².